The first kappa shape index (κ1) is 14.5. The molecule has 0 amide bonds. The van der Waals surface area contributed by atoms with Crippen LogP contribution in [0.2, 0.25) is 5.02 Å². The maximum absolute atomic E-state index is 5.86. The van der Waals surface area contributed by atoms with E-state index in [4.69, 9.17) is 22.2 Å². The number of halogens is 1. The van der Waals surface area contributed by atoms with Gasteiger partial charge < -0.3 is 4.74 Å². The second-order valence-electron chi connectivity index (χ2n) is 4.01. The van der Waals surface area contributed by atoms with Crippen LogP contribution >= 0.6 is 11.6 Å². The Morgan fingerprint density at radius 1 is 1.29 bits per heavy atom. The topological polar surface area (TPSA) is 47.3 Å². The molecule has 0 saturated heterocycles. The minimum Gasteiger partial charge on any atom is -0.377 e. The minimum absolute atomic E-state index is 0.126. The predicted molar refractivity (Wildman–Crippen MR) is 72.0 cm³/mol. The van der Waals surface area contributed by atoms with Crippen LogP contribution in [-0.2, 0) is 11.2 Å². The molecule has 1 rings (SSSR count). The van der Waals surface area contributed by atoms with E-state index in [0.29, 0.717) is 6.61 Å². The van der Waals surface area contributed by atoms with Crippen molar-refractivity contribution in [3.8, 4) is 0 Å². The highest BCUT2D eigenvalue weighted by molar-refractivity contribution is 6.30. The molecule has 0 spiro atoms. The molecule has 1 aromatic rings. The second kappa shape index (κ2) is 7.67. The first-order valence-electron chi connectivity index (χ1n) is 6.03. The third kappa shape index (κ3) is 4.64. The van der Waals surface area contributed by atoms with Crippen molar-refractivity contribution in [3.05, 3.63) is 34.9 Å². The number of nitrogens with two attached hydrogens (primary N) is 1. The molecule has 3 N–H and O–H groups in total. The lowest BCUT2D eigenvalue weighted by atomic mass is 10.0. The van der Waals surface area contributed by atoms with E-state index >= 15 is 0 Å². The third-order valence-corrected chi connectivity index (χ3v) is 3.07. The summed E-state index contributed by atoms with van der Waals surface area (Å²) in [5.74, 6) is 5.60. The SMILES string of the molecule is CCOC(CC)C(Cc1ccc(Cl)cc1)NN. The molecule has 0 aliphatic carbocycles. The lowest BCUT2D eigenvalue weighted by Gasteiger charge is -2.25. The maximum atomic E-state index is 5.86. The van der Waals surface area contributed by atoms with Crippen LogP contribution in [0.25, 0.3) is 0 Å². The standard InChI is InChI=1S/C13H21ClN2O/c1-3-13(17-4-2)12(16-15)9-10-5-7-11(14)8-6-10/h5-8,12-13,16H,3-4,9,15H2,1-2H3. The fourth-order valence-electron chi connectivity index (χ4n) is 1.90. The van der Waals surface area contributed by atoms with E-state index in [-0.39, 0.29) is 12.1 Å². The van der Waals surface area contributed by atoms with E-state index in [0.717, 1.165) is 17.9 Å². The normalized spacial score (nSPS) is 14.6. The molecule has 17 heavy (non-hydrogen) atoms. The fourth-order valence-corrected chi connectivity index (χ4v) is 2.03. The van der Waals surface area contributed by atoms with Gasteiger partial charge in [-0.2, -0.15) is 0 Å². The average Bonchev–Trinajstić information content (AvgIpc) is 2.36. The van der Waals surface area contributed by atoms with Crippen LogP contribution in [0, 0.1) is 0 Å². The highest BCUT2D eigenvalue weighted by Crippen LogP contribution is 2.14. The van der Waals surface area contributed by atoms with Gasteiger partial charge in [0.15, 0.2) is 0 Å². The molecule has 0 aliphatic rings. The van der Waals surface area contributed by atoms with Crippen LogP contribution in [0.4, 0.5) is 0 Å². The Balaban J connectivity index is 2.64. The van der Waals surface area contributed by atoms with E-state index in [1.54, 1.807) is 0 Å². The van der Waals surface area contributed by atoms with Gasteiger partial charge >= 0.3 is 0 Å². The summed E-state index contributed by atoms with van der Waals surface area (Å²) in [4.78, 5) is 0. The summed E-state index contributed by atoms with van der Waals surface area (Å²) in [5.41, 5.74) is 4.05. The first-order valence-corrected chi connectivity index (χ1v) is 6.41. The average molecular weight is 257 g/mol. The van der Waals surface area contributed by atoms with Gasteiger partial charge in [0.2, 0.25) is 0 Å². The molecular formula is C13H21ClN2O. The van der Waals surface area contributed by atoms with Crippen molar-refractivity contribution in [2.45, 2.75) is 38.8 Å². The van der Waals surface area contributed by atoms with Crippen molar-refractivity contribution >= 4 is 11.6 Å². The highest BCUT2D eigenvalue weighted by Gasteiger charge is 2.19. The number of nitrogens with one attached hydrogen (secondary N) is 1. The highest BCUT2D eigenvalue weighted by atomic mass is 35.5. The van der Waals surface area contributed by atoms with Crippen molar-refractivity contribution < 1.29 is 4.74 Å². The summed E-state index contributed by atoms with van der Waals surface area (Å²) in [6, 6.07) is 7.95. The lowest BCUT2D eigenvalue weighted by Crippen LogP contribution is -2.46. The number of rotatable bonds is 7. The van der Waals surface area contributed by atoms with E-state index in [1.165, 1.54) is 5.56 Å². The molecule has 0 heterocycles. The van der Waals surface area contributed by atoms with E-state index in [2.05, 4.69) is 12.3 Å². The lowest BCUT2D eigenvalue weighted by molar-refractivity contribution is 0.0319. The number of ether oxygens (including phenoxy) is 1. The second-order valence-corrected chi connectivity index (χ2v) is 4.44. The summed E-state index contributed by atoms with van der Waals surface area (Å²) < 4.78 is 5.67. The van der Waals surface area contributed by atoms with Crippen molar-refractivity contribution in [1.82, 2.24) is 5.43 Å². The Bertz CT molecular complexity index is 316. The summed E-state index contributed by atoms with van der Waals surface area (Å²) in [6.45, 7) is 4.81. The minimum atomic E-state index is 0.126. The molecule has 2 atom stereocenters. The summed E-state index contributed by atoms with van der Waals surface area (Å²) in [7, 11) is 0. The molecule has 0 aliphatic heterocycles. The van der Waals surface area contributed by atoms with Gasteiger partial charge in [0.1, 0.15) is 0 Å². The summed E-state index contributed by atoms with van der Waals surface area (Å²) in [6.07, 6.45) is 1.92. The molecule has 0 saturated carbocycles. The maximum Gasteiger partial charge on any atom is 0.0741 e. The number of benzene rings is 1. The zero-order valence-electron chi connectivity index (χ0n) is 10.4. The van der Waals surface area contributed by atoms with E-state index < -0.39 is 0 Å². The van der Waals surface area contributed by atoms with Crippen LogP contribution in [0.3, 0.4) is 0 Å². The Kier molecular flexibility index (Phi) is 6.52. The molecule has 4 heteroatoms. The van der Waals surface area contributed by atoms with E-state index in [1.807, 2.05) is 31.2 Å². The van der Waals surface area contributed by atoms with Crippen molar-refractivity contribution in [2.24, 2.45) is 5.84 Å². The Hall–Kier alpha value is -0.610. The molecule has 0 radical (unpaired) electrons. The molecule has 2 unspecified atom stereocenters. The van der Waals surface area contributed by atoms with Gasteiger partial charge in [0.05, 0.1) is 12.1 Å². The Morgan fingerprint density at radius 3 is 2.41 bits per heavy atom. The number of hydrogen-bond donors (Lipinski definition) is 2. The smallest absolute Gasteiger partial charge is 0.0741 e. The molecule has 0 bridgehead atoms. The largest absolute Gasteiger partial charge is 0.377 e. The van der Waals surface area contributed by atoms with Gasteiger partial charge in [0, 0.05) is 11.6 Å². The van der Waals surface area contributed by atoms with Crippen LogP contribution in [-0.4, -0.2) is 18.8 Å². The monoisotopic (exact) mass is 256 g/mol. The molecule has 0 aromatic heterocycles. The van der Waals surface area contributed by atoms with Crippen LogP contribution in [0.5, 0.6) is 0 Å². The third-order valence-electron chi connectivity index (χ3n) is 2.81. The van der Waals surface area contributed by atoms with Crippen molar-refractivity contribution in [2.75, 3.05) is 6.61 Å². The van der Waals surface area contributed by atoms with Crippen molar-refractivity contribution in [1.29, 1.82) is 0 Å². The van der Waals surface area contributed by atoms with Gasteiger partial charge in [-0.25, -0.2) is 0 Å². The number of hydrazine groups is 1. The van der Waals surface area contributed by atoms with Crippen LogP contribution in [0.15, 0.2) is 24.3 Å². The zero-order valence-corrected chi connectivity index (χ0v) is 11.2. The van der Waals surface area contributed by atoms with Crippen molar-refractivity contribution in [3.63, 3.8) is 0 Å². The van der Waals surface area contributed by atoms with Crippen LogP contribution < -0.4 is 11.3 Å². The van der Waals surface area contributed by atoms with Gasteiger partial charge in [-0.3, -0.25) is 11.3 Å². The Morgan fingerprint density at radius 2 is 1.94 bits per heavy atom. The quantitative estimate of drug-likeness (QED) is 0.582. The molecular weight excluding hydrogens is 236 g/mol. The zero-order chi connectivity index (χ0) is 12.7. The molecule has 96 valence electrons. The first-order chi connectivity index (χ1) is 8.21. The molecule has 0 fully saturated rings. The predicted octanol–water partition coefficient (Wildman–Crippen LogP) is 2.53. The van der Waals surface area contributed by atoms with Crippen LogP contribution in [0.1, 0.15) is 25.8 Å². The molecule has 1 aromatic carbocycles. The fraction of sp³-hybridized carbons (Fsp3) is 0.538. The number of hydrogen-bond acceptors (Lipinski definition) is 3. The Labute approximate surface area is 108 Å². The summed E-state index contributed by atoms with van der Waals surface area (Å²) in [5, 5.41) is 0.753. The van der Waals surface area contributed by atoms with E-state index in [9.17, 15) is 0 Å². The molecule has 3 nitrogen and oxygen atoms in total. The van der Waals surface area contributed by atoms with Gasteiger partial charge in [0.25, 0.3) is 0 Å². The summed E-state index contributed by atoms with van der Waals surface area (Å²) >= 11 is 5.86. The van der Waals surface area contributed by atoms with Gasteiger partial charge in [-0.15, -0.1) is 0 Å². The van der Waals surface area contributed by atoms with Gasteiger partial charge in [-0.1, -0.05) is 30.7 Å². The van der Waals surface area contributed by atoms with Gasteiger partial charge in [-0.05, 0) is 37.5 Å².